The number of aromatic nitrogens is 2. The fraction of sp³-hybridized carbons (Fsp3) is 0.438. The van der Waals surface area contributed by atoms with Crippen LogP contribution in [0.1, 0.15) is 22.5 Å². The van der Waals surface area contributed by atoms with Crippen molar-refractivity contribution in [2.24, 2.45) is 0 Å². The van der Waals surface area contributed by atoms with Gasteiger partial charge >= 0.3 is 0 Å². The minimum Gasteiger partial charge on any atom is -0.302 e. The van der Waals surface area contributed by atoms with Crippen molar-refractivity contribution >= 4 is 9.84 Å². The summed E-state index contributed by atoms with van der Waals surface area (Å²) in [7, 11) is -1.06. The summed E-state index contributed by atoms with van der Waals surface area (Å²) in [5, 5.41) is 7.22. The minimum atomic E-state index is -3.12. The molecule has 1 aromatic carbocycles. The lowest BCUT2D eigenvalue weighted by atomic mass is 10.1. The fourth-order valence-electron chi connectivity index (χ4n) is 2.48. The van der Waals surface area contributed by atoms with E-state index in [2.05, 4.69) is 22.1 Å². The van der Waals surface area contributed by atoms with Crippen LogP contribution in [0.15, 0.2) is 29.2 Å². The van der Waals surface area contributed by atoms with Gasteiger partial charge in [0.05, 0.1) is 10.6 Å². The molecule has 0 radical (unpaired) electrons. The van der Waals surface area contributed by atoms with Gasteiger partial charge in [-0.15, -0.1) is 0 Å². The predicted octanol–water partition coefficient (Wildman–Crippen LogP) is 2.10. The quantitative estimate of drug-likeness (QED) is 0.885. The number of hydrogen-bond acceptors (Lipinski definition) is 4. The topological polar surface area (TPSA) is 66.1 Å². The molecule has 0 aliphatic heterocycles. The SMILES string of the molecule is Cc1n[nH]c(C)c1CCN(C)Cc1ccc(S(C)(=O)=O)cc1. The third kappa shape index (κ3) is 4.18. The van der Waals surface area contributed by atoms with Gasteiger partial charge in [-0.1, -0.05) is 12.1 Å². The van der Waals surface area contributed by atoms with Crippen LogP contribution < -0.4 is 0 Å². The lowest BCUT2D eigenvalue weighted by molar-refractivity contribution is 0.331. The zero-order valence-corrected chi connectivity index (χ0v) is 14.4. The van der Waals surface area contributed by atoms with Gasteiger partial charge in [0.15, 0.2) is 9.84 Å². The molecule has 0 bridgehead atoms. The first-order chi connectivity index (χ1) is 10.3. The third-order valence-electron chi connectivity index (χ3n) is 3.83. The maximum atomic E-state index is 11.4. The number of likely N-dealkylation sites (N-methyl/N-ethyl adjacent to an activating group) is 1. The normalized spacial score (nSPS) is 12.0. The predicted molar refractivity (Wildman–Crippen MR) is 87.7 cm³/mol. The lowest BCUT2D eigenvalue weighted by Gasteiger charge is -2.17. The average molecular weight is 321 g/mol. The molecule has 5 nitrogen and oxygen atoms in total. The van der Waals surface area contributed by atoms with Crippen LogP contribution in [0.3, 0.4) is 0 Å². The molecule has 0 spiro atoms. The molecule has 1 heterocycles. The smallest absolute Gasteiger partial charge is 0.175 e. The zero-order valence-electron chi connectivity index (χ0n) is 13.5. The number of aromatic amines is 1. The second-order valence-corrected chi connectivity index (χ2v) is 7.83. The molecule has 6 heteroatoms. The van der Waals surface area contributed by atoms with Crippen LogP contribution in [0.5, 0.6) is 0 Å². The fourth-order valence-corrected chi connectivity index (χ4v) is 3.11. The number of rotatable bonds is 6. The van der Waals surface area contributed by atoms with Gasteiger partial charge in [-0.3, -0.25) is 5.10 Å². The number of nitrogens with one attached hydrogen (secondary N) is 1. The van der Waals surface area contributed by atoms with Gasteiger partial charge in [0, 0.05) is 25.0 Å². The molecule has 0 aliphatic rings. The highest BCUT2D eigenvalue weighted by Crippen LogP contribution is 2.13. The summed E-state index contributed by atoms with van der Waals surface area (Å²) in [4.78, 5) is 2.59. The van der Waals surface area contributed by atoms with Gasteiger partial charge in [-0.25, -0.2) is 8.42 Å². The van der Waals surface area contributed by atoms with Crippen molar-refractivity contribution in [1.29, 1.82) is 0 Å². The molecule has 120 valence electrons. The molecule has 0 aliphatic carbocycles. The van der Waals surface area contributed by atoms with Crippen molar-refractivity contribution in [3.63, 3.8) is 0 Å². The highest BCUT2D eigenvalue weighted by molar-refractivity contribution is 7.90. The standard InChI is InChI=1S/C16H23N3O2S/c1-12-16(13(2)18-17-12)9-10-19(3)11-14-5-7-15(8-6-14)22(4,20)21/h5-8H,9-11H2,1-4H3,(H,17,18). The Bertz CT molecular complexity index is 714. The summed E-state index contributed by atoms with van der Waals surface area (Å²) >= 11 is 0. The molecule has 22 heavy (non-hydrogen) atoms. The Hall–Kier alpha value is -1.66. The van der Waals surface area contributed by atoms with E-state index in [-0.39, 0.29) is 0 Å². The van der Waals surface area contributed by atoms with Crippen molar-refractivity contribution in [3.8, 4) is 0 Å². The third-order valence-corrected chi connectivity index (χ3v) is 4.96. The largest absolute Gasteiger partial charge is 0.302 e. The highest BCUT2D eigenvalue weighted by Gasteiger charge is 2.09. The van der Waals surface area contributed by atoms with Crippen LogP contribution in [0.4, 0.5) is 0 Å². The maximum Gasteiger partial charge on any atom is 0.175 e. The van der Waals surface area contributed by atoms with Crippen molar-refractivity contribution < 1.29 is 8.42 Å². The van der Waals surface area contributed by atoms with Crippen molar-refractivity contribution in [3.05, 3.63) is 46.8 Å². The van der Waals surface area contributed by atoms with Crippen LogP contribution in [-0.4, -0.2) is 43.4 Å². The molecule has 1 N–H and O–H groups in total. The lowest BCUT2D eigenvalue weighted by Crippen LogP contribution is -2.21. The van der Waals surface area contributed by atoms with E-state index in [9.17, 15) is 8.42 Å². The molecule has 0 saturated heterocycles. The number of benzene rings is 1. The van der Waals surface area contributed by atoms with Gasteiger partial charge in [0.1, 0.15) is 0 Å². The first-order valence-corrected chi connectivity index (χ1v) is 9.14. The molecule has 0 fully saturated rings. The number of H-pyrrole nitrogens is 1. The van der Waals surface area contributed by atoms with E-state index in [1.165, 1.54) is 11.8 Å². The second-order valence-electron chi connectivity index (χ2n) is 5.82. The Labute approximate surface area is 132 Å². The first kappa shape index (κ1) is 16.7. The summed E-state index contributed by atoms with van der Waals surface area (Å²) in [6.07, 6.45) is 2.18. The van der Waals surface area contributed by atoms with Crippen LogP contribution in [-0.2, 0) is 22.8 Å². The van der Waals surface area contributed by atoms with Crippen LogP contribution in [0.2, 0.25) is 0 Å². The van der Waals surface area contributed by atoms with Gasteiger partial charge < -0.3 is 4.90 Å². The van der Waals surface area contributed by atoms with E-state index >= 15 is 0 Å². The van der Waals surface area contributed by atoms with Crippen LogP contribution >= 0.6 is 0 Å². The number of aryl methyl sites for hydroxylation is 2. The Balaban J connectivity index is 1.93. The van der Waals surface area contributed by atoms with Gasteiger partial charge in [0.25, 0.3) is 0 Å². The maximum absolute atomic E-state index is 11.4. The highest BCUT2D eigenvalue weighted by atomic mass is 32.2. The van der Waals surface area contributed by atoms with E-state index in [0.717, 1.165) is 36.5 Å². The summed E-state index contributed by atoms with van der Waals surface area (Å²) < 4.78 is 22.9. The van der Waals surface area contributed by atoms with Gasteiger partial charge in [-0.05, 0) is 50.6 Å². The second kappa shape index (κ2) is 6.62. The van der Waals surface area contributed by atoms with Crippen LogP contribution in [0, 0.1) is 13.8 Å². The number of nitrogens with zero attached hydrogens (tertiary/aromatic N) is 2. The van der Waals surface area contributed by atoms with E-state index in [0.29, 0.717) is 4.90 Å². The Kier molecular flexibility index (Phi) is 5.03. The van der Waals surface area contributed by atoms with Crippen molar-refractivity contribution in [2.45, 2.75) is 31.7 Å². The summed E-state index contributed by atoms with van der Waals surface area (Å²) in [6.45, 7) is 5.77. The molecule has 2 aromatic rings. The van der Waals surface area contributed by atoms with Gasteiger partial charge in [0.2, 0.25) is 0 Å². The van der Waals surface area contributed by atoms with Crippen molar-refractivity contribution in [2.75, 3.05) is 19.8 Å². The number of hydrogen-bond donors (Lipinski definition) is 1. The van der Waals surface area contributed by atoms with E-state index in [1.54, 1.807) is 12.1 Å². The molecule has 0 saturated carbocycles. The van der Waals surface area contributed by atoms with Gasteiger partial charge in [-0.2, -0.15) is 5.10 Å². The molecular formula is C16H23N3O2S. The molecule has 2 rings (SSSR count). The Morgan fingerprint density at radius 2 is 1.82 bits per heavy atom. The average Bonchev–Trinajstić information content (AvgIpc) is 2.75. The molecule has 0 atom stereocenters. The minimum absolute atomic E-state index is 0.364. The Morgan fingerprint density at radius 3 is 2.32 bits per heavy atom. The summed E-state index contributed by atoms with van der Waals surface area (Å²) in [6, 6.07) is 7.09. The van der Waals surface area contributed by atoms with E-state index < -0.39 is 9.84 Å². The Morgan fingerprint density at radius 1 is 1.18 bits per heavy atom. The molecule has 0 amide bonds. The van der Waals surface area contributed by atoms with Crippen molar-refractivity contribution in [1.82, 2.24) is 15.1 Å². The first-order valence-electron chi connectivity index (χ1n) is 7.25. The monoisotopic (exact) mass is 321 g/mol. The number of sulfone groups is 1. The summed E-state index contributed by atoms with van der Waals surface area (Å²) in [5.41, 5.74) is 4.57. The van der Waals surface area contributed by atoms with E-state index in [1.807, 2.05) is 26.0 Å². The zero-order chi connectivity index (χ0) is 16.3. The van der Waals surface area contributed by atoms with E-state index in [4.69, 9.17) is 0 Å². The molecular weight excluding hydrogens is 298 g/mol. The van der Waals surface area contributed by atoms with Crippen LogP contribution in [0.25, 0.3) is 0 Å². The molecule has 1 aromatic heterocycles. The molecule has 0 unspecified atom stereocenters. The summed E-state index contributed by atoms with van der Waals surface area (Å²) in [5.74, 6) is 0.